The maximum atomic E-state index is 12.9. The Morgan fingerprint density at radius 3 is 2.60 bits per heavy atom. The molecule has 0 N–H and O–H groups in total. The maximum absolute atomic E-state index is 12.9. The van der Waals surface area contributed by atoms with Gasteiger partial charge in [0.2, 0.25) is 18.6 Å². The summed E-state index contributed by atoms with van der Waals surface area (Å²) in [6.07, 6.45) is 0.166. The Balaban J connectivity index is 1.40. The zero-order chi connectivity index (χ0) is 21.3. The molecule has 2 amide bonds. The number of esters is 1. The molecule has 4 rings (SSSR count). The minimum atomic E-state index is -0.415. The molecule has 156 valence electrons. The summed E-state index contributed by atoms with van der Waals surface area (Å²) in [6.45, 7) is 0.872. The fraction of sp³-hybridized carbons (Fsp3) is 0.318. The maximum Gasteiger partial charge on any atom is 0.337 e. The fourth-order valence-electron chi connectivity index (χ4n) is 3.70. The molecule has 0 aliphatic carbocycles. The van der Waals surface area contributed by atoms with Gasteiger partial charge >= 0.3 is 5.97 Å². The van der Waals surface area contributed by atoms with E-state index in [0.29, 0.717) is 35.8 Å². The number of carbonyl (C=O) groups excluding carboxylic acids is 3. The van der Waals surface area contributed by atoms with Crippen molar-refractivity contribution in [3.63, 3.8) is 0 Å². The molecule has 8 nitrogen and oxygen atoms in total. The number of hydrogen-bond acceptors (Lipinski definition) is 6. The first-order valence-corrected chi connectivity index (χ1v) is 9.58. The van der Waals surface area contributed by atoms with Gasteiger partial charge in [0.05, 0.1) is 18.6 Å². The standard InChI is InChI=1S/C22H22N2O6/c1-23(11-14-3-5-15(6-4-14)22(27)28-2)21(26)16-9-20(25)24(12-16)17-7-8-18-19(10-17)30-13-29-18/h3-8,10,16H,9,11-13H2,1-2H3/t16-/m0/s1. The zero-order valence-electron chi connectivity index (χ0n) is 16.8. The molecule has 1 atom stereocenters. The normalized spacial score (nSPS) is 17.2. The lowest BCUT2D eigenvalue weighted by Crippen LogP contribution is -2.34. The number of amides is 2. The van der Waals surface area contributed by atoms with Crippen molar-refractivity contribution < 1.29 is 28.6 Å². The Morgan fingerprint density at radius 1 is 1.13 bits per heavy atom. The summed E-state index contributed by atoms with van der Waals surface area (Å²) in [4.78, 5) is 40.2. The van der Waals surface area contributed by atoms with Crippen LogP contribution in [0.1, 0.15) is 22.3 Å². The number of methoxy groups -OCH3 is 1. The molecule has 0 spiro atoms. The largest absolute Gasteiger partial charge is 0.465 e. The summed E-state index contributed by atoms with van der Waals surface area (Å²) in [7, 11) is 3.04. The van der Waals surface area contributed by atoms with Crippen LogP contribution in [-0.4, -0.2) is 50.2 Å². The number of anilines is 1. The Labute approximate surface area is 173 Å². The molecule has 2 heterocycles. The molecule has 2 aliphatic rings. The molecule has 0 saturated carbocycles. The Morgan fingerprint density at radius 2 is 1.87 bits per heavy atom. The van der Waals surface area contributed by atoms with Crippen LogP contribution in [-0.2, 0) is 20.9 Å². The topological polar surface area (TPSA) is 85.4 Å². The number of hydrogen-bond donors (Lipinski definition) is 0. The molecular weight excluding hydrogens is 388 g/mol. The monoisotopic (exact) mass is 410 g/mol. The van der Waals surface area contributed by atoms with Crippen molar-refractivity contribution in [1.82, 2.24) is 4.90 Å². The molecule has 0 radical (unpaired) electrons. The van der Waals surface area contributed by atoms with Crippen LogP contribution in [0.4, 0.5) is 5.69 Å². The van der Waals surface area contributed by atoms with E-state index in [1.165, 1.54) is 7.11 Å². The highest BCUT2D eigenvalue weighted by Gasteiger charge is 2.37. The quantitative estimate of drug-likeness (QED) is 0.703. The van der Waals surface area contributed by atoms with Crippen molar-refractivity contribution in [3.05, 3.63) is 53.6 Å². The molecule has 1 fully saturated rings. The highest BCUT2D eigenvalue weighted by Crippen LogP contribution is 2.37. The second kappa shape index (κ2) is 8.06. The molecule has 1 saturated heterocycles. The van der Waals surface area contributed by atoms with Gasteiger partial charge in [-0.05, 0) is 29.8 Å². The van der Waals surface area contributed by atoms with E-state index in [4.69, 9.17) is 9.47 Å². The van der Waals surface area contributed by atoms with E-state index in [0.717, 1.165) is 5.56 Å². The first-order valence-electron chi connectivity index (χ1n) is 9.58. The molecule has 8 heteroatoms. The number of carbonyl (C=O) groups is 3. The van der Waals surface area contributed by atoms with Crippen molar-refractivity contribution in [2.75, 3.05) is 32.4 Å². The summed E-state index contributed by atoms with van der Waals surface area (Å²) in [5, 5.41) is 0. The minimum absolute atomic E-state index is 0.0939. The second-order valence-corrected chi connectivity index (χ2v) is 7.33. The van der Waals surface area contributed by atoms with Crippen LogP contribution >= 0.6 is 0 Å². The van der Waals surface area contributed by atoms with Crippen molar-refractivity contribution in [2.45, 2.75) is 13.0 Å². The average Bonchev–Trinajstić information content (AvgIpc) is 3.38. The molecule has 2 aromatic rings. The van der Waals surface area contributed by atoms with E-state index in [2.05, 4.69) is 4.74 Å². The smallest absolute Gasteiger partial charge is 0.337 e. The van der Waals surface area contributed by atoms with Crippen molar-refractivity contribution >= 4 is 23.5 Å². The van der Waals surface area contributed by atoms with Crippen LogP contribution in [0, 0.1) is 5.92 Å². The van der Waals surface area contributed by atoms with Crippen LogP contribution < -0.4 is 14.4 Å². The Kier molecular flexibility index (Phi) is 5.31. The summed E-state index contributed by atoms with van der Waals surface area (Å²) in [6, 6.07) is 12.2. The molecule has 2 aromatic carbocycles. The molecular formula is C22H22N2O6. The van der Waals surface area contributed by atoms with Gasteiger partial charge in [-0.2, -0.15) is 0 Å². The van der Waals surface area contributed by atoms with E-state index >= 15 is 0 Å². The van der Waals surface area contributed by atoms with Crippen molar-refractivity contribution in [2.24, 2.45) is 5.92 Å². The minimum Gasteiger partial charge on any atom is -0.465 e. The number of nitrogens with zero attached hydrogens (tertiary/aromatic N) is 2. The van der Waals surface area contributed by atoms with Gasteiger partial charge in [0.25, 0.3) is 0 Å². The molecule has 0 bridgehead atoms. The SMILES string of the molecule is COC(=O)c1ccc(CN(C)C(=O)[C@H]2CC(=O)N(c3ccc4c(c3)OCO4)C2)cc1. The van der Waals surface area contributed by atoms with Crippen molar-refractivity contribution in [3.8, 4) is 11.5 Å². The highest BCUT2D eigenvalue weighted by atomic mass is 16.7. The lowest BCUT2D eigenvalue weighted by atomic mass is 10.1. The summed E-state index contributed by atoms with van der Waals surface area (Å²) >= 11 is 0. The second-order valence-electron chi connectivity index (χ2n) is 7.33. The highest BCUT2D eigenvalue weighted by molar-refractivity contribution is 6.00. The number of ether oxygens (including phenoxy) is 3. The van der Waals surface area contributed by atoms with Crippen LogP contribution in [0.5, 0.6) is 11.5 Å². The lowest BCUT2D eigenvalue weighted by molar-refractivity contribution is -0.135. The third-order valence-corrected chi connectivity index (χ3v) is 5.31. The number of benzene rings is 2. The van der Waals surface area contributed by atoms with Crippen LogP contribution in [0.2, 0.25) is 0 Å². The van der Waals surface area contributed by atoms with E-state index in [1.807, 2.05) is 0 Å². The Hall–Kier alpha value is -3.55. The van der Waals surface area contributed by atoms with E-state index in [-0.39, 0.29) is 25.0 Å². The lowest BCUT2D eigenvalue weighted by Gasteiger charge is -2.22. The third kappa shape index (κ3) is 3.80. The first-order chi connectivity index (χ1) is 14.5. The molecule has 0 unspecified atom stereocenters. The molecule has 2 aliphatic heterocycles. The van der Waals surface area contributed by atoms with E-state index in [1.54, 1.807) is 59.3 Å². The van der Waals surface area contributed by atoms with Crippen LogP contribution in [0.25, 0.3) is 0 Å². The van der Waals surface area contributed by atoms with Gasteiger partial charge in [0, 0.05) is 38.3 Å². The summed E-state index contributed by atoms with van der Waals surface area (Å²) in [5.74, 6) is 0.242. The molecule has 0 aromatic heterocycles. The van der Waals surface area contributed by atoms with E-state index in [9.17, 15) is 14.4 Å². The van der Waals surface area contributed by atoms with Gasteiger partial charge in [-0.1, -0.05) is 12.1 Å². The van der Waals surface area contributed by atoms with Gasteiger partial charge in [-0.25, -0.2) is 4.79 Å². The molecule has 30 heavy (non-hydrogen) atoms. The summed E-state index contributed by atoms with van der Waals surface area (Å²) < 4.78 is 15.4. The van der Waals surface area contributed by atoms with Gasteiger partial charge < -0.3 is 24.0 Å². The predicted molar refractivity (Wildman–Crippen MR) is 107 cm³/mol. The van der Waals surface area contributed by atoms with Crippen molar-refractivity contribution in [1.29, 1.82) is 0 Å². The average molecular weight is 410 g/mol. The van der Waals surface area contributed by atoms with Gasteiger partial charge in [0.15, 0.2) is 11.5 Å². The van der Waals surface area contributed by atoms with Gasteiger partial charge in [-0.3, -0.25) is 9.59 Å². The number of rotatable bonds is 5. The number of fused-ring (bicyclic) bond motifs is 1. The zero-order valence-corrected chi connectivity index (χ0v) is 16.8. The van der Waals surface area contributed by atoms with E-state index < -0.39 is 11.9 Å². The predicted octanol–water partition coefficient (Wildman–Crippen LogP) is 2.21. The summed E-state index contributed by atoms with van der Waals surface area (Å²) in [5.41, 5.74) is 2.03. The van der Waals surface area contributed by atoms with Gasteiger partial charge in [0.1, 0.15) is 0 Å². The fourth-order valence-corrected chi connectivity index (χ4v) is 3.70. The van der Waals surface area contributed by atoms with Crippen LogP contribution in [0.15, 0.2) is 42.5 Å². The van der Waals surface area contributed by atoms with Gasteiger partial charge in [-0.15, -0.1) is 0 Å². The van der Waals surface area contributed by atoms with Crippen LogP contribution in [0.3, 0.4) is 0 Å². The first kappa shape index (κ1) is 19.8. The Bertz CT molecular complexity index is 988. The third-order valence-electron chi connectivity index (χ3n) is 5.31.